The standard InChI is InChI=1S/C11H15N3O3/c1-17-8-3-6-14(7-4-8)11-12-5-2-9(13-11)10(15)16/h2,5,8H,3-4,6-7H2,1H3,(H,15,16). The van der Waals surface area contributed by atoms with Crippen molar-refractivity contribution in [2.45, 2.75) is 18.9 Å². The van der Waals surface area contributed by atoms with Gasteiger partial charge in [0.1, 0.15) is 0 Å². The number of ether oxygens (including phenoxy) is 1. The molecule has 1 N–H and O–H groups in total. The highest BCUT2D eigenvalue weighted by atomic mass is 16.5. The number of rotatable bonds is 3. The van der Waals surface area contributed by atoms with Crippen LogP contribution < -0.4 is 4.90 Å². The van der Waals surface area contributed by atoms with Crippen molar-refractivity contribution in [3.8, 4) is 0 Å². The molecule has 0 aromatic carbocycles. The van der Waals surface area contributed by atoms with Crippen LogP contribution in [0.2, 0.25) is 0 Å². The molecule has 1 aliphatic heterocycles. The van der Waals surface area contributed by atoms with Gasteiger partial charge in [-0.1, -0.05) is 0 Å². The third-order valence-electron chi connectivity index (χ3n) is 2.92. The first kappa shape index (κ1) is 11.8. The highest BCUT2D eigenvalue weighted by Crippen LogP contribution is 2.17. The van der Waals surface area contributed by atoms with E-state index in [1.54, 1.807) is 7.11 Å². The molecule has 0 amide bonds. The SMILES string of the molecule is COC1CCN(c2nccc(C(=O)O)n2)CC1. The van der Waals surface area contributed by atoms with Gasteiger partial charge < -0.3 is 14.7 Å². The average molecular weight is 237 g/mol. The highest BCUT2D eigenvalue weighted by Gasteiger charge is 2.21. The first-order valence-electron chi connectivity index (χ1n) is 5.55. The van der Waals surface area contributed by atoms with Crippen LogP contribution in [-0.4, -0.2) is 47.3 Å². The number of piperidine rings is 1. The summed E-state index contributed by atoms with van der Waals surface area (Å²) >= 11 is 0. The van der Waals surface area contributed by atoms with E-state index in [0.717, 1.165) is 25.9 Å². The van der Waals surface area contributed by atoms with Gasteiger partial charge in [-0.3, -0.25) is 0 Å². The molecule has 6 heteroatoms. The van der Waals surface area contributed by atoms with Crippen molar-refractivity contribution in [1.82, 2.24) is 9.97 Å². The van der Waals surface area contributed by atoms with Crippen LogP contribution in [0.5, 0.6) is 0 Å². The zero-order chi connectivity index (χ0) is 12.3. The number of aromatic nitrogens is 2. The fraction of sp³-hybridized carbons (Fsp3) is 0.545. The Morgan fingerprint density at radius 2 is 2.24 bits per heavy atom. The van der Waals surface area contributed by atoms with Gasteiger partial charge in [0.15, 0.2) is 5.69 Å². The number of nitrogens with zero attached hydrogens (tertiary/aromatic N) is 3. The van der Waals surface area contributed by atoms with Crippen molar-refractivity contribution in [2.75, 3.05) is 25.1 Å². The summed E-state index contributed by atoms with van der Waals surface area (Å²) in [6, 6.07) is 1.40. The van der Waals surface area contributed by atoms with Crippen LogP contribution >= 0.6 is 0 Å². The molecule has 2 heterocycles. The topological polar surface area (TPSA) is 75.5 Å². The maximum Gasteiger partial charge on any atom is 0.354 e. The molecule has 6 nitrogen and oxygen atoms in total. The van der Waals surface area contributed by atoms with Gasteiger partial charge in [0, 0.05) is 26.4 Å². The molecule has 1 aromatic heterocycles. The van der Waals surface area contributed by atoms with Gasteiger partial charge in [0.2, 0.25) is 5.95 Å². The number of hydrogen-bond donors (Lipinski definition) is 1. The van der Waals surface area contributed by atoms with Crippen LogP contribution in [0.25, 0.3) is 0 Å². The predicted octanol–water partition coefficient (Wildman–Crippen LogP) is 0.790. The van der Waals surface area contributed by atoms with Gasteiger partial charge in [-0.2, -0.15) is 0 Å². The van der Waals surface area contributed by atoms with Crippen molar-refractivity contribution in [1.29, 1.82) is 0 Å². The lowest BCUT2D eigenvalue weighted by atomic mass is 10.1. The third-order valence-corrected chi connectivity index (χ3v) is 2.92. The number of aromatic carboxylic acids is 1. The number of carboxylic acids is 1. The Bertz CT molecular complexity index is 403. The van der Waals surface area contributed by atoms with Gasteiger partial charge in [-0.15, -0.1) is 0 Å². The van der Waals surface area contributed by atoms with Crippen LogP contribution in [0.4, 0.5) is 5.95 Å². The van der Waals surface area contributed by atoms with E-state index in [0.29, 0.717) is 5.95 Å². The zero-order valence-electron chi connectivity index (χ0n) is 9.67. The molecule has 92 valence electrons. The Kier molecular flexibility index (Phi) is 3.53. The van der Waals surface area contributed by atoms with E-state index in [4.69, 9.17) is 9.84 Å². The van der Waals surface area contributed by atoms with E-state index in [1.165, 1.54) is 12.3 Å². The summed E-state index contributed by atoms with van der Waals surface area (Å²) in [5.41, 5.74) is 0.0314. The lowest BCUT2D eigenvalue weighted by Gasteiger charge is -2.31. The van der Waals surface area contributed by atoms with Crippen LogP contribution in [-0.2, 0) is 4.74 Å². The molecule has 1 aliphatic rings. The van der Waals surface area contributed by atoms with Gasteiger partial charge in [-0.05, 0) is 18.9 Å². The van der Waals surface area contributed by atoms with Gasteiger partial charge in [0.25, 0.3) is 0 Å². The van der Waals surface area contributed by atoms with E-state index < -0.39 is 5.97 Å². The van der Waals surface area contributed by atoms with Gasteiger partial charge in [0.05, 0.1) is 6.10 Å². The molecule has 17 heavy (non-hydrogen) atoms. The van der Waals surface area contributed by atoms with E-state index >= 15 is 0 Å². The zero-order valence-corrected chi connectivity index (χ0v) is 9.67. The maximum atomic E-state index is 10.8. The molecule has 0 saturated carbocycles. The molecule has 0 radical (unpaired) electrons. The second kappa shape index (κ2) is 5.09. The van der Waals surface area contributed by atoms with E-state index in [1.807, 2.05) is 4.90 Å². The molecule has 1 fully saturated rings. The van der Waals surface area contributed by atoms with Crippen molar-refractivity contribution in [3.63, 3.8) is 0 Å². The lowest BCUT2D eigenvalue weighted by molar-refractivity contribution is 0.0689. The fourth-order valence-electron chi connectivity index (χ4n) is 1.91. The van der Waals surface area contributed by atoms with E-state index in [2.05, 4.69) is 9.97 Å². The largest absolute Gasteiger partial charge is 0.477 e. The molecule has 1 aromatic rings. The normalized spacial score (nSPS) is 17.1. The number of anilines is 1. The summed E-state index contributed by atoms with van der Waals surface area (Å²) in [6.45, 7) is 1.59. The molecule has 0 atom stereocenters. The first-order chi connectivity index (χ1) is 8.20. The summed E-state index contributed by atoms with van der Waals surface area (Å²) in [6.07, 6.45) is 3.59. The Labute approximate surface area is 99.2 Å². The van der Waals surface area contributed by atoms with Crippen molar-refractivity contribution >= 4 is 11.9 Å². The summed E-state index contributed by atoms with van der Waals surface area (Å²) < 4.78 is 5.28. The predicted molar refractivity (Wildman–Crippen MR) is 61.2 cm³/mol. The average Bonchev–Trinajstić information content (AvgIpc) is 2.39. The maximum absolute atomic E-state index is 10.8. The summed E-state index contributed by atoms with van der Waals surface area (Å²) in [5.74, 6) is -0.542. The molecule has 0 bridgehead atoms. The van der Waals surface area contributed by atoms with Crippen molar-refractivity contribution in [3.05, 3.63) is 18.0 Å². The Morgan fingerprint density at radius 3 is 2.82 bits per heavy atom. The summed E-state index contributed by atoms with van der Waals surface area (Å²) in [4.78, 5) is 20.9. The lowest BCUT2D eigenvalue weighted by Crippen LogP contribution is -2.37. The minimum Gasteiger partial charge on any atom is -0.477 e. The Hall–Kier alpha value is -1.69. The third kappa shape index (κ3) is 2.71. The molecule has 0 spiro atoms. The number of methoxy groups -OCH3 is 1. The van der Waals surface area contributed by atoms with Crippen molar-refractivity contribution in [2.24, 2.45) is 0 Å². The molecule has 2 rings (SSSR count). The van der Waals surface area contributed by atoms with Gasteiger partial charge >= 0.3 is 5.97 Å². The number of carbonyl (C=O) groups is 1. The monoisotopic (exact) mass is 237 g/mol. The summed E-state index contributed by atoms with van der Waals surface area (Å²) in [5, 5.41) is 8.86. The van der Waals surface area contributed by atoms with Crippen molar-refractivity contribution < 1.29 is 14.6 Å². The molecule has 0 aliphatic carbocycles. The number of carboxylic acid groups (broad SMARTS) is 1. The smallest absolute Gasteiger partial charge is 0.354 e. The first-order valence-corrected chi connectivity index (χ1v) is 5.55. The van der Waals surface area contributed by atoms with Crippen LogP contribution in [0, 0.1) is 0 Å². The minimum atomic E-state index is -1.03. The minimum absolute atomic E-state index is 0.0314. The van der Waals surface area contributed by atoms with E-state index in [-0.39, 0.29) is 11.8 Å². The van der Waals surface area contributed by atoms with Crippen LogP contribution in [0.1, 0.15) is 23.3 Å². The molecular weight excluding hydrogens is 222 g/mol. The summed E-state index contributed by atoms with van der Waals surface area (Å²) in [7, 11) is 1.71. The fourth-order valence-corrected chi connectivity index (χ4v) is 1.91. The molecule has 1 saturated heterocycles. The Morgan fingerprint density at radius 1 is 1.53 bits per heavy atom. The molecule has 0 unspecified atom stereocenters. The van der Waals surface area contributed by atoms with Gasteiger partial charge in [-0.25, -0.2) is 14.8 Å². The quantitative estimate of drug-likeness (QED) is 0.837. The van der Waals surface area contributed by atoms with E-state index in [9.17, 15) is 4.79 Å². The highest BCUT2D eigenvalue weighted by molar-refractivity contribution is 5.85. The Balaban J connectivity index is 2.08. The molecular formula is C11H15N3O3. The van der Waals surface area contributed by atoms with Crippen LogP contribution in [0.15, 0.2) is 12.3 Å². The second-order valence-electron chi connectivity index (χ2n) is 3.97. The second-order valence-corrected chi connectivity index (χ2v) is 3.97. The number of hydrogen-bond acceptors (Lipinski definition) is 5. The van der Waals surface area contributed by atoms with Crippen LogP contribution in [0.3, 0.4) is 0 Å².